The van der Waals surface area contributed by atoms with Gasteiger partial charge in [-0.15, -0.1) is 0 Å². The highest BCUT2D eigenvalue weighted by Crippen LogP contribution is 2.20. The number of nitrogens with one attached hydrogen (secondary N) is 2. The maximum atomic E-state index is 13.1. The number of aromatic nitrogens is 2. The van der Waals surface area contributed by atoms with Gasteiger partial charge in [0, 0.05) is 16.7 Å². The Kier molecular flexibility index (Phi) is 4.45. The summed E-state index contributed by atoms with van der Waals surface area (Å²) in [4.78, 5) is 12.3. The molecule has 27 heavy (non-hydrogen) atoms. The number of hydrogen-bond donors (Lipinski definition) is 2. The summed E-state index contributed by atoms with van der Waals surface area (Å²) in [5, 5.41) is 12.9. The Bertz CT molecular complexity index is 1130. The van der Waals surface area contributed by atoms with Gasteiger partial charge in [0.2, 0.25) is 0 Å². The van der Waals surface area contributed by atoms with E-state index in [9.17, 15) is 9.18 Å². The normalized spacial score (nSPS) is 11.1. The van der Waals surface area contributed by atoms with Crippen LogP contribution >= 0.6 is 0 Å². The van der Waals surface area contributed by atoms with E-state index in [2.05, 4.69) is 20.7 Å². The number of carbonyl (C=O) groups excluding carboxylic acids is 1. The molecular weight excluding hydrogens is 343 g/mol. The van der Waals surface area contributed by atoms with Crippen LogP contribution in [0.25, 0.3) is 22.0 Å². The molecule has 0 bridgehead atoms. The van der Waals surface area contributed by atoms with E-state index in [1.807, 2.05) is 36.4 Å². The highest BCUT2D eigenvalue weighted by atomic mass is 19.1. The summed E-state index contributed by atoms with van der Waals surface area (Å²) in [5.41, 5.74) is 5.19. The van der Waals surface area contributed by atoms with Gasteiger partial charge in [-0.05, 0) is 47.2 Å². The minimum absolute atomic E-state index is 0.302. The van der Waals surface area contributed by atoms with Crippen LogP contribution < -0.4 is 5.43 Å². The lowest BCUT2D eigenvalue weighted by molar-refractivity contribution is 0.0955. The second-order valence-corrected chi connectivity index (χ2v) is 5.97. The number of H-pyrrole nitrogens is 1. The van der Waals surface area contributed by atoms with E-state index in [-0.39, 0.29) is 11.7 Å². The van der Waals surface area contributed by atoms with Crippen molar-refractivity contribution >= 4 is 22.9 Å². The molecule has 0 fully saturated rings. The number of hydrazone groups is 1. The molecule has 0 atom stereocenters. The van der Waals surface area contributed by atoms with Crippen molar-refractivity contribution in [1.82, 2.24) is 15.6 Å². The molecule has 5 nitrogen and oxygen atoms in total. The molecule has 0 radical (unpaired) electrons. The second kappa shape index (κ2) is 7.21. The molecule has 0 unspecified atom stereocenters. The predicted molar refractivity (Wildman–Crippen MR) is 103 cm³/mol. The number of carbonyl (C=O) groups is 1. The topological polar surface area (TPSA) is 70.1 Å². The van der Waals surface area contributed by atoms with Gasteiger partial charge < -0.3 is 0 Å². The number of aromatic amines is 1. The number of nitrogens with zero attached hydrogens (tertiary/aromatic N) is 2. The number of hydrogen-bond acceptors (Lipinski definition) is 3. The minimum Gasteiger partial charge on any atom is -0.277 e. The predicted octanol–water partition coefficient (Wildman–Crippen LogP) is 4.13. The summed E-state index contributed by atoms with van der Waals surface area (Å²) < 4.78 is 13.1. The summed E-state index contributed by atoms with van der Waals surface area (Å²) in [7, 11) is 0. The van der Waals surface area contributed by atoms with Crippen molar-refractivity contribution in [3.8, 4) is 11.3 Å². The monoisotopic (exact) mass is 358 g/mol. The molecule has 1 amide bonds. The molecule has 2 N–H and O–H groups in total. The molecule has 6 heteroatoms. The Morgan fingerprint density at radius 3 is 2.63 bits per heavy atom. The molecule has 4 rings (SSSR count). The van der Waals surface area contributed by atoms with Gasteiger partial charge in [-0.3, -0.25) is 9.89 Å². The van der Waals surface area contributed by atoms with Gasteiger partial charge in [-0.25, -0.2) is 9.82 Å². The Morgan fingerprint density at radius 1 is 1.04 bits per heavy atom. The van der Waals surface area contributed by atoms with E-state index in [1.165, 1.54) is 18.3 Å². The lowest BCUT2D eigenvalue weighted by atomic mass is 10.1. The number of amides is 1. The van der Waals surface area contributed by atoms with Crippen molar-refractivity contribution in [1.29, 1.82) is 0 Å². The van der Waals surface area contributed by atoms with Gasteiger partial charge in [0.05, 0.1) is 18.1 Å². The van der Waals surface area contributed by atoms with Crippen LogP contribution in [0.15, 0.2) is 78.0 Å². The fourth-order valence-electron chi connectivity index (χ4n) is 2.80. The van der Waals surface area contributed by atoms with Crippen LogP contribution in [0.4, 0.5) is 4.39 Å². The first-order chi connectivity index (χ1) is 13.2. The van der Waals surface area contributed by atoms with E-state index in [0.29, 0.717) is 16.8 Å². The smallest absolute Gasteiger partial charge is 0.271 e. The third-order valence-electron chi connectivity index (χ3n) is 4.18. The maximum Gasteiger partial charge on any atom is 0.271 e. The van der Waals surface area contributed by atoms with Crippen LogP contribution in [-0.2, 0) is 0 Å². The molecule has 3 aromatic carbocycles. The van der Waals surface area contributed by atoms with Gasteiger partial charge >= 0.3 is 0 Å². The van der Waals surface area contributed by atoms with Gasteiger partial charge in [0.15, 0.2) is 0 Å². The summed E-state index contributed by atoms with van der Waals surface area (Å²) in [6, 6.07) is 19.3. The van der Waals surface area contributed by atoms with E-state index < -0.39 is 0 Å². The average molecular weight is 358 g/mol. The molecule has 4 aromatic rings. The van der Waals surface area contributed by atoms with Crippen molar-refractivity contribution in [3.05, 3.63) is 89.9 Å². The molecule has 0 saturated carbocycles. The lowest BCUT2D eigenvalue weighted by Crippen LogP contribution is -2.17. The van der Waals surface area contributed by atoms with Crippen LogP contribution in [0.1, 0.15) is 15.9 Å². The Morgan fingerprint density at radius 2 is 1.81 bits per heavy atom. The standard InChI is InChI=1S/C21H15FN4O/c22-19-9-7-15(8-10-19)20-18(12-23-25-20)13-24-26-21(27)17-6-5-14-3-1-2-4-16(14)11-17/h1-13H,(H,23,25)(H,26,27). The van der Waals surface area contributed by atoms with Crippen molar-refractivity contribution in [2.24, 2.45) is 5.10 Å². The molecule has 132 valence electrons. The fourth-order valence-corrected chi connectivity index (χ4v) is 2.80. The zero-order valence-electron chi connectivity index (χ0n) is 14.2. The van der Waals surface area contributed by atoms with Crippen LogP contribution in [-0.4, -0.2) is 22.3 Å². The highest BCUT2D eigenvalue weighted by Gasteiger charge is 2.07. The van der Waals surface area contributed by atoms with Crippen LogP contribution in [0.5, 0.6) is 0 Å². The molecule has 0 aliphatic carbocycles. The van der Waals surface area contributed by atoms with E-state index in [0.717, 1.165) is 16.3 Å². The highest BCUT2D eigenvalue weighted by molar-refractivity contribution is 5.99. The Hall–Kier alpha value is -3.80. The zero-order valence-corrected chi connectivity index (χ0v) is 14.2. The molecule has 0 aliphatic rings. The minimum atomic E-state index is -0.309. The van der Waals surface area contributed by atoms with Gasteiger partial charge in [0.1, 0.15) is 5.82 Å². The van der Waals surface area contributed by atoms with Crippen LogP contribution in [0.3, 0.4) is 0 Å². The van der Waals surface area contributed by atoms with Crippen LogP contribution in [0.2, 0.25) is 0 Å². The van der Waals surface area contributed by atoms with Gasteiger partial charge in [-0.1, -0.05) is 30.3 Å². The SMILES string of the molecule is O=C(NN=Cc1cn[nH]c1-c1ccc(F)cc1)c1ccc2ccccc2c1. The summed E-state index contributed by atoms with van der Waals surface area (Å²) in [6.07, 6.45) is 3.09. The summed E-state index contributed by atoms with van der Waals surface area (Å²) >= 11 is 0. The average Bonchev–Trinajstić information content (AvgIpc) is 3.16. The molecule has 1 heterocycles. The molecule has 0 spiro atoms. The molecular formula is C21H15FN4O. The second-order valence-electron chi connectivity index (χ2n) is 5.97. The lowest BCUT2D eigenvalue weighted by Gasteiger charge is -2.03. The third-order valence-corrected chi connectivity index (χ3v) is 4.18. The number of halogens is 1. The van der Waals surface area contributed by atoms with Crippen LogP contribution in [0, 0.1) is 5.82 Å². The number of rotatable bonds is 4. The number of fused-ring (bicyclic) bond motifs is 1. The maximum absolute atomic E-state index is 13.1. The molecule has 1 aromatic heterocycles. The quantitative estimate of drug-likeness (QED) is 0.425. The largest absolute Gasteiger partial charge is 0.277 e. The Labute approximate surface area is 154 Å². The number of benzene rings is 3. The van der Waals surface area contributed by atoms with Crippen molar-refractivity contribution in [2.75, 3.05) is 0 Å². The van der Waals surface area contributed by atoms with Crippen molar-refractivity contribution in [2.45, 2.75) is 0 Å². The van der Waals surface area contributed by atoms with E-state index in [4.69, 9.17) is 0 Å². The fraction of sp³-hybridized carbons (Fsp3) is 0. The molecule has 0 saturated heterocycles. The summed E-state index contributed by atoms with van der Waals surface area (Å²) in [5.74, 6) is -0.611. The summed E-state index contributed by atoms with van der Waals surface area (Å²) in [6.45, 7) is 0. The zero-order chi connectivity index (χ0) is 18.6. The first kappa shape index (κ1) is 16.7. The van der Waals surface area contributed by atoms with E-state index >= 15 is 0 Å². The first-order valence-electron chi connectivity index (χ1n) is 8.32. The van der Waals surface area contributed by atoms with Gasteiger partial charge in [-0.2, -0.15) is 10.2 Å². The third kappa shape index (κ3) is 3.59. The Balaban J connectivity index is 1.50. The first-order valence-corrected chi connectivity index (χ1v) is 8.32. The van der Waals surface area contributed by atoms with Gasteiger partial charge in [0.25, 0.3) is 5.91 Å². The van der Waals surface area contributed by atoms with E-state index in [1.54, 1.807) is 24.4 Å². The van der Waals surface area contributed by atoms with Crippen molar-refractivity contribution < 1.29 is 9.18 Å². The molecule has 0 aliphatic heterocycles. The van der Waals surface area contributed by atoms with Crippen molar-refractivity contribution in [3.63, 3.8) is 0 Å².